The van der Waals surface area contributed by atoms with E-state index in [0.29, 0.717) is 5.92 Å². The first kappa shape index (κ1) is 26.1. The van der Waals surface area contributed by atoms with Crippen molar-refractivity contribution in [2.75, 3.05) is 0 Å². The van der Waals surface area contributed by atoms with Crippen molar-refractivity contribution in [2.45, 2.75) is 54.4 Å². The Morgan fingerprint density at radius 2 is 1.46 bits per heavy atom. The van der Waals surface area contributed by atoms with E-state index in [9.17, 15) is 0 Å². The van der Waals surface area contributed by atoms with Crippen LogP contribution in [0.5, 0.6) is 0 Å². The topological polar surface area (TPSA) is 0 Å². The normalized spacial score (nSPS) is 19.5. The summed E-state index contributed by atoms with van der Waals surface area (Å²) in [6, 6.07) is 8.53. The van der Waals surface area contributed by atoms with Crippen LogP contribution < -0.4 is 24.8 Å². The first-order chi connectivity index (χ1) is 9.74. The molecule has 0 fully saturated rings. The van der Waals surface area contributed by atoms with Gasteiger partial charge in [-0.25, -0.2) is 11.1 Å². The summed E-state index contributed by atoms with van der Waals surface area (Å²) >= 11 is 0. The monoisotopic (exact) mass is 528 g/mol. The SMILES string of the molecule is CC1=[C-]C(C)(C)C(C)=C1C.CC1=[C-]C(C)c2ccccc21.[Cl-].[Cl-].[Hf+4]. The van der Waals surface area contributed by atoms with Crippen molar-refractivity contribution in [3.63, 3.8) is 0 Å². The standard InChI is InChI=1S/C11H11.C10H15.2ClH.Hf/c1-8-7-9(2)11-6-4-3-5-10(8)11;1-7-6-10(4,5)9(3)8(7)2;;;/h3-6,8H,1-2H3;1-5H3;2*1H;/q2*-1;;;+4/p-2. The predicted octanol–water partition coefficient (Wildman–Crippen LogP) is 0.128. The smallest absolute Gasteiger partial charge is 1.00 e. The molecule has 1 unspecified atom stereocenters. The molecule has 0 aliphatic heterocycles. The molecule has 2 aliphatic carbocycles. The Morgan fingerprint density at radius 1 is 0.917 bits per heavy atom. The number of rotatable bonds is 0. The number of allylic oxidation sites excluding steroid dienone is 6. The minimum absolute atomic E-state index is 0. The van der Waals surface area contributed by atoms with Crippen molar-refractivity contribution in [1.29, 1.82) is 0 Å². The molecule has 1 atom stereocenters. The number of halogens is 2. The maximum absolute atomic E-state index is 3.44. The first-order valence-electron chi connectivity index (χ1n) is 7.73. The largest absolute Gasteiger partial charge is 4.00 e. The van der Waals surface area contributed by atoms with Crippen molar-refractivity contribution >= 4 is 5.57 Å². The van der Waals surface area contributed by atoms with E-state index in [2.05, 4.69) is 84.9 Å². The zero-order valence-electron chi connectivity index (χ0n) is 15.6. The maximum atomic E-state index is 3.44. The van der Waals surface area contributed by atoms with Crippen LogP contribution in [0.2, 0.25) is 0 Å². The molecular formula is C21H26Cl2Hf. The van der Waals surface area contributed by atoms with Crippen LogP contribution in [-0.4, -0.2) is 0 Å². The molecule has 0 nitrogen and oxygen atoms in total. The van der Waals surface area contributed by atoms with Crippen LogP contribution in [0.3, 0.4) is 0 Å². The third-order valence-corrected chi connectivity index (χ3v) is 4.83. The van der Waals surface area contributed by atoms with Gasteiger partial charge in [-0.3, -0.25) is 12.2 Å². The quantitative estimate of drug-likeness (QED) is 0.332. The van der Waals surface area contributed by atoms with Gasteiger partial charge in [0.25, 0.3) is 0 Å². The summed E-state index contributed by atoms with van der Waals surface area (Å²) in [5.74, 6) is 0.492. The summed E-state index contributed by atoms with van der Waals surface area (Å²) in [6.45, 7) is 15.2. The fourth-order valence-electron chi connectivity index (χ4n) is 3.10. The number of fused-ring (bicyclic) bond motifs is 1. The average Bonchev–Trinajstić information content (AvgIpc) is 2.81. The zero-order valence-corrected chi connectivity index (χ0v) is 20.7. The molecule has 2 aliphatic rings. The second-order valence-electron chi connectivity index (χ2n) is 6.70. The molecule has 0 saturated carbocycles. The molecule has 0 saturated heterocycles. The molecule has 0 spiro atoms. The first-order valence-corrected chi connectivity index (χ1v) is 7.73. The second-order valence-corrected chi connectivity index (χ2v) is 6.70. The van der Waals surface area contributed by atoms with Crippen molar-refractivity contribution in [3.8, 4) is 0 Å². The molecule has 3 rings (SSSR count). The Morgan fingerprint density at radius 3 is 1.83 bits per heavy atom. The van der Waals surface area contributed by atoms with Gasteiger partial charge < -0.3 is 24.8 Å². The van der Waals surface area contributed by atoms with Crippen LogP contribution in [-0.2, 0) is 25.8 Å². The Hall–Kier alpha value is -0.110. The van der Waals surface area contributed by atoms with E-state index in [1.54, 1.807) is 0 Å². The van der Waals surface area contributed by atoms with E-state index in [4.69, 9.17) is 0 Å². The van der Waals surface area contributed by atoms with Gasteiger partial charge in [-0.1, -0.05) is 71.1 Å². The van der Waals surface area contributed by atoms with Gasteiger partial charge in [0.15, 0.2) is 0 Å². The molecule has 0 N–H and O–H groups in total. The van der Waals surface area contributed by atoms with Gasteiger partial charge in [0.2, 0.25) is 0 Å². The predicted molar refractivity (Wildman–Crippen MR) is 91.8 cm³/mol. The summed E-state index contributed by atoms with van der Waals surface area (Å²) in [4.78, 5) is 0. The van der Waals surface area contributed by atoms with Crippen LogP contribution >= 0.6 is 0 Å². The van der Waals surface area contributed by atoms with Gasteiger partial charge in [-0.2, -0.15) is 16.7 Å². The molecule has 128 valence electrons. The summed E-state index contributed by atoms with van der Waals surface area (Å²) in [7, 11) is 0. The van der Waals surface area contributed by atoms with Gasteiger partial charge in [-0.05, 0) is 0 Å². The summed E-state index contributed by atoms with van der Waals surface area (Å²) in [6.07, 6.45) is 6.83. The Labute approximate surface area is 179 Å². The van der Waals surface area contributed by atoms with Crippen molar-refractivity contribution in [3.05, 3.63) is 64.3 Å². The van der Waals surface area contributed by atoms with E-state index >= 15 is 0 Å². The maximum Gasteiger partial charge on any atom is 4.00 e. The fraction of sp³-hybridized carbons (Fsp3) is 0.429. The van der Waals surface area contributed by atoms with Gasteiger partial charge in [0, 0.05) is 0 Å². The minimum atomic E-state index is 0. The zero-order chi connectivity index (χ0) is 15.8. The van der Waals surface area contributed by atoms with Crippen LogP contribution in [0.25, 0.3) is 5.57 Å². The van der Waals surface area contributed by atoms with E-state index in [-0.39, 0.29) is 56.1 Å². The number of hydrogen-bond acceptors (Lipinski definition) is 0. The van der Waals surface area contributed by atoms with Crippen LogP contribution in [0.1, 0.15) is 65.5 Å². The molecule has 3 heteroatoms. The Balaban J connectivity index is 0. The average molecular weight is 528 g/mol. The molecule has 0 radical (unpaired) electrons. The summed E-state index contributed by atoms with van der Waals surface area (Å²) in [5, 5.41) is 0. The van der Waals surface area contributed by atoms with Gasteiger partial charge in [0.1, 0.15) is 0 Å². The minimum Gasteiger partial charge on any atom is -1.00 e. The summed E-state index contributed by atoms with van der Waals surface area (Å²) < 4.78 is 0. The second kappa shape index (κ2) is 10.1. The third-order valence-electron chi connectivity index (χ3n) is 4.83. The van der Waals surface area contributed by atoms with Crippen molar-refractivity contribution in [1.82, 2.24) is 0 Å². The van der Waals surface area contributed by atoms with Crippen LogP contribution in [0.15, 0.2) is 41.0 Å². The Kier molecular flexibility index (Phi) is 11.0. The van der Waals surface area contributed by atoms with Crippen LogP contribution in [0, 0.1) is 17.6 Å². The van der Waals surface area contributed by atoms with E-state index in [1.807, 2.05) is 0 Å². The molecule has 0 amide bonds. The fourth-order valence-corrected chi connectivity index (χ4v) is 3.10. The Bertz CT molecular complexity index is 652. The van der Waals surface area contributed by atoms with Crippen molar-refractivity contribution < 1.29 is 50.7 Å². The van der Waals surface area contributed by atoms with Crippen molar-refractivity contribution in [2.24, 2.45) is 5.41 Å². The van der Waals surface area contributed by atoms with Gasteiger partial charge in [-0.15, -0.1) is 18.6 Å². The third kappa shape index (κ3) is 5.44. The molecule has 0 aromatic heterocycles. The van der Waals surface area contributed by atoms with Gasteiger partial charge in [0.05, 0.1) is 0 Å². The molecule has 0 bridgehead atoms. The molecule has 0 heterocycles. The van der Waals surface area contributed by atoms with E-state index < -0.39 is 0 Å². The summed E-state index contributed by atoms with van der Waals surface area (Å²) in [5.41, 5.74) is 8.49. The molecular weight excluding hydrogens is 502 g/mol. The molecule has 24 heavy (non-hydrogen) atoms. The van der Waals surface area contributed by atoms with E-state index in [0.717, 1.165) is 0 Å². The molecule has 1 aromatic rings. The molecule has 1 aromatic carbocycles. The van der Waals surface area contributed by atoms with Crippen LogP contribution in [0.4, 0.5) is 0 Å². The number of benzene rings is 1. The van der Waals surface area contributed by atoms with Gasteiger partial charge >= 0.3 is 25.8 Å². The van der Waals surface area contributed by atoms with E-state index in [1.165, 1.54) is 33.4 Å². The number of hydrogen-bond donors (Lipinski definition) is 0.